The van der Waals surface area contributed by atoms with E-state index in [9.17, 15) is 0 Å². The summed E-state index contributed by atoms with van der Waals surface area (Å²) in [5, 5.41) is 0. The van der Waals surface area contributed by atoms with Crippen LogP contribution < -0.4 is 0 Å². The minimum atomic E-state index is 0.569. The van der Waals surface area contributed by atoms with Crippen molar-refractivity contribution in [3.63, 3.8) is 0 Å². The van der Waals surface area contributed by atoms with Crippen LogP contribution in [-0.2, 0) is 6.42 Å². The molecule has 1 heterocycles. The van der Waals surface area contributed by atoms with E-state index < -0.39 is 0 Å². The Labute approximate surface area is 185 Å². The fourth-order valence-electron chi connectivity index (χ4n) is 9.28. The molecule has 0 spiro atoms. The van der Waals surface area contributed by atoms with E-state index >= 15 is 0 Å². The number of aryl methyl sites for hydroxylation is 1. The molecule has 0 bridgehead atoms. The lowest BCUT2D eigenvalue weighted by molar-refractivity contribution is -0.0807. The molecule has 8 unspecified atom stereocenters. The first-order valence-electron chi connectivity index (χ1n) is 13.0. The molecule has 0 aromatic carbocycles. The van der Waals surface area contributed by atoms with Gasteiger partial charge in [0.2, 0.25) is 0 Å². The molecule has 0 saturated heterocycles. The number of aromatic nitrogens is 2. The highest BCUT2D eigenvalue weighted by atomic mass is 14.8. The maximum absolute atomic E-state index is 4.68. The van der Waals surface area contributed by atoms with Crippen molar-refractivity contribution in [3.05, 3.63) is 23.8 Å². The summed E-state index contributed by atoms with van der Waals surface area (Å²) in [5.74, 6) is 6.76. The van der Waals surface area contributed by atoms with Crippen LogP contribution in [0.15, 0.2) is 12.4 Å². The third kappa shape index (κ3) is 3.55. The average Bonchev–Trinajstić information content (AvgIpc) is 3.06. The average molecular weight is 409 g/mol. The molecule has 0 N–H and O–H groups in total. The van der Waals surface area contributed by atoms with Gasteiger partial charge in [0, 0.05) is 12.4 Å². The van der Waals surface area contributed by atoms with E-state index in [4.69, 9.17) is 0 Å². The Morgan fingerprint density at radius 3 is 2.47 bits per heavy atom. The van der Waals surface area contributed by atoms with Crippen LogP contribution in [0.2, 0.25) is 0 Å². The summed E-state index contributed by atoms with van der Waals surface area (Å²) in [7, 11) is 0. The van der Waals surface area contributed by atoms with Crippen molar-refractivity contribution in [1.82, 2.24) is 9.97 Å². The predicted molar refractivity (Wildman–Crippen MR) is 124 cm³/mol. The summed E-state index contributed by atoms with van der Waals surface area (Å²) in [5.41, 5.74) is 3.39. The van der Waals surface area contributed by atoms with Crippen molar-refractivity contribution in [2.45, 2.75) is 98.8 Å². The van der Waals surface area contributed by atoms with Gasteiger partial charge in [-0.3, -0.25) is 9.97 Å². The summed E-state index contributed by atoms with van der Waals surface area (Å²) >= 11 is 0. The lowest BCUT2D eigenvalue weighted by atomic mass is 9.48. The molecule has 2 heteroatoms. The zero-order valence-corrected chi connectivity index (χ0v) is 20.2. The van der Waals surface area contributed by atoms with E-state index in [0.29, 0.717) is 10.8 Å². The van der Waals surface area contributed by atoms with Crippen LogP contribution in [0.3, 0.4) is 0 Å². The van der Waals surface area contributed by atoms with Crippen molar-refractivity contribution in [3.8, 4) is 0 Å². The molecule has 0 amide bonds. The first kappa shape index (κ1) is 21.0. The van der Waals surface area contributed by atoms with Crippen molar-refractivity contribution < 1.29 is 0 Å². The Hall–Kier alpha value is -0.920. The quantitative estimate of drug-likeness (QED) is 0.526. The third-order valence-electron chi connectivity index (χ3n) is 10.6. The summed E-state index contributed by atoms with van der Waals surface area (Å²) in [6.07, 6.45) is 18.6. The number of rotatable bonds is 3. The Kier molecular flexibility index (Phi) is 5.30. The summed E-state index contributed by atoms with van der Waals surface area (Å²) in [4.78, 5) is 9.17. The highest BCUT2D eigenvalue weighted by molar-refractivity contribution is 5.09. The van der Waals surface area contributed by atoms with Crippen LogP contribution >= 0.6 is 0 Å². The Morgan fingerprint density at radius 1 is 0.900 bits per heavy atom. The molecule has 166 valence electrons. The van der Waals surface area contributed by atoms with Crippen LogP contribution in [0.4, 0.5) is 0 Å². The first-order valence-corrected chi connectivity index (χ1v) is 13.0. The molecule has 1 aromatic heterocycles. The zero-order valence-electron chi connectivity index (χ0n) is 20.2. The van der Waals surface area contributed by atoms with E-state index in [-0.39, 0.29) is 0 Å². The SMILES string of the molecule is Cc1cnc(CC(C)C2CCC3C4CCC5CC(C)(C)CCC5C4CCC23C)cn1. The molecule has 30 heavy (non-hydrogen) atoms. The van der Waals surface area contributed by atoms with Crippen LogP contribution in [0.1, 0.15) is 96.9 Å². The number of hydrogen-bond donors (Lipinski definition) is 0. The van der Waals surface area contributed by atoms with Gasteiger partial charge >= 0.3 is 0 Å². The highest BCUT2D eigenvalue weighted by Gasteiger charge is 2.57. The molecule has 0 radical (unpaired) electrons. The lowest BCUT2D eigenvalue weighted by Gasteiger charge is -2.57. The van der Waals surface area contributed by atoms with E-state index in [2.05, 4.69) is 37.7 Å². The van der Waals surface area contributed by atoms with E-state index in [0.717, 1.165) is 53.5 Å². The van der Waals surface area contributed by atoms with Crippen LogP contribution in [0.25, 0.3) is 0 Å². The Balaban J connectivity index is 1.30. The second kappa shape index (κ2) is 7.59. The van der Waals surface area contributed by atoms with Crippen LogP contribution in [0.5, 0.6) is 0 Å². The number of fused-ring (bicyclic) bond motifs is 5. The lowest BCUT2D eigenvalue weighted by Crippen LogP contribution is -2.49. The molecule has 4 fully saturated rings. The standard InChI is InChI=1S/C28H44N2/c1-18(14-21-17-29-19(2)16-30-21)25-8-9-26-24-7-6-20-15-27(3,4)12-10-22(20)23(24)11-13-28(25,26)5/h16-18,20,22-26H,6-15H2,1-5H3. The molecule has 8 atom stereocenters. The van der Waals surface area contributed by atoms with E-state index in [1.54, 1.807) is 0 Å². The van der Waals surface area contributed by atoms with Crippen molar-refractivity contribution >= 4 is 0 Å². The fourth-order valence-corrected chi connectivity index (χ4v) is 9.28. The van der Waals surface area contributed by atoms with Crippen molar-refractivity contribution in [1.29, 1.82) is 0 Å². The van der Waals surface area contributed by atoms with Gasteiger partial charge in [0.15, 0.2) is 0 Å². The first-order chi connectivity index (χ1) is 14.3. The summed E-state index contributed by atoms with van der Waals surface area (Å²) < 4.78 is 0. The van der Waals surface area contributed by atoms with Crippen molar-refractivity contribution in [2.75, 3.05) is 0 Å². The van der Waals surface area contributed by atoms with Gasteiger partial charge < -0.3 is 0 Å². The second-order valence-electron chi connectivity index (χ2n) is 12.9. The molecule has 5 rings (SSSR count). The molecule has 0 aliphatic heterocycles. The minimum absolute atomic E-state index is 0.569. The molecule has 4 aliphatic carbocycles. The maximum atomic E-state index is 4.68. The largest absolute Gasteiger partial charge is 0.258 e. The molecule has 4 aliphatic rings. The van der Waals surface area contributed by atoms with Gasteiger partial charge in [-0.15, -0.1) is 0 Å². The normalized spacial score (nSPS) is 43.4. The summed E-state index contributed by atoms with van der Waals surface area (Å²) in [6, 6.07) is 0. The fraction of sp³-hybridized carbons (Fsp3) is 0.857. The smallest absolute Gasteiger partial charge is 0.0589 e. The van der Waals surface area contributed by atoms with Crippen LogP contribution in [-0.4, -0.2) is 9.97 Å². The zero-order chi connectivity index (χ0) is 21.1. The molecular weight excluding hydrogens is 364 g/mol. The molecule has 4 saturated carbocycles. The van der Waals surface area contributed by atoms with Gasteiger partial charge in [-0.1, -0.05) is 27.7 Å². The number of nitrogens with zero attached hydrogens (tertiary/aromatic N) is 2. The maximum Gasteiger partial charge on any atom is 0.0589 e. The van der Waals surface area contributed by atoms with Gasteiger partial charge in [0.25, 0.3) is 0 Å². The van der Waals surface area contributed by atoms with Gasteiger partial charge in [0.1, 0.15) is 0 Å². The van der Waals surface area contributed by atoms with Gasteiger partial charge in [-0.05, 0) is 123 Å². The van der Waals surface area contributed by atoms with Crippen LogP contribution in [0, 0.1) is 59.2 Å². The van der Waals surface area contributed by atoms with E-state index in [1.807, 2.05) is 19.3 Å². The number of hydrogen-bond acceptors (Lipinski definition) is 2. The third-order valence-corrected chi connectivity index (χ3v) is 10.6. The van der Waals surface area contributed by atoms with Gasteiger partial charge in [-0.25, -0.2) is 0 Å². The van der Waals surface area contributed by atoms with E-state index in [1.165, 1.54) is 63.5 Å². The molecular formula is C28H44N2. The minimum Gasteiger partial charge on any atom is -0.258 e. The molecule has 2 nitrogen and oxygen atoms in total. The Bertz CT molecular complexity index is 752. The van der Waals surface area contributed by atoms with Gasteiger partial charge in [0.05, 0.1) is 11.4 Å². The second-order valence-corrected chi connectivity index (χ2v) is 12.9. The Morgan fingerprint density at radius 2 is 1.70 bits per heavy atom. The van der Waals surface area contributed by atoms with Crippen molar-refractivity contribution in [2.24, 2.45) is 52.3 Å². The van der Waals surface area contributed by atoms with Gasteiger partial charge in [-0.2, -0.15) is 0 Å². The summed E-state index contributed by atoms with van der Waals surface area (Å²) in [6.45, 7) is 12.3. The monoisotopic (exact) mass is 408 g/mol. The topological polar surface area (TPSA) is 25.8 Å². The predicted octanol–water partition coefficient (Wildman–Crippen LogP) is 7.26. The highest BCUT2D eigenvalue weighted by Crippen LogP contribution is 2.66. The molecule has 1 aromatic rings.